The molecule has 1 aromatic rings. The Balaban J connectivity index is 2.10. The predicted octanol–water partition coefficient (Wildman–Crippen LogP) is 3.05. The lowest BCUT2D eigenvalue weighted by molar-refractivity contribution is -0.188. The number of benzene rings is 1. The van der Waals surface area contributed by atoms with Crippen LogP contribution in [-0.4, -0.2) is 41.1 Å². The van der Waals surface area contributed by atoms with Gasteiger partial charge in [0.1, 0.15) is 0 Å². The average Bonchev–Trinajstić information content (AvgIpc) is 2.54. The predicted molar refractivity (Wildman–Crippen MR) is 81.5 cm³/mol. The molecule has 0 aromatic heterocycles. The van der Waals surface area contributed by atoms with E-state index in [2.05, 4.69) is 0 Å². The van der Waals surface area contributed by atoms with Gasteiger partial charge in [-0.2, -0.15) is 13.2 Å². The van der Waals surface area contributed by atoms with E-state index in [4.69, 9.17) is 0 Å². The highest BCUT2D eigenvalue weighted by atomic mass is 19.4. The summed E-state index contributed by atoms with van der Waals surface area (Å²) in [5.74, 6) is -2.92. The van der Waals surface area contributed by atoms with Gasteiger partial charge >= 0.3 is 18.1 Å². The minimum atomic E-state index is -4.92. The van der Waals surface area contributed by atoms with Crippen molar-refractivity contribution >= 4 is 11.9 Å². The van der Waals surface area contributed by atoms with Crippen molar-refractivity contribution in [2.75, 3.05) is 13.1 Å². The molecule has 1 aliphatic rings. The van der Waals surface area contributed by atoms with Crippen LogP contribution in [0.15, 0.2) is 24.3 Å². The SMILES string of the molecule is CCc1ccc(CC2(C(=O)O)CCN(C(=O)C(F)(F)F)CC2)cc1. The average molecular weight is 343 g/mol. The number of halogens is 3. The van der Waals surface area contributed by atoms with E-state index in [-0.39, 0.29) is 32.4 Å². The highest BCUT2D eigenvalue weighted by Gasteiger charge is 2.47. The molecule has 24 heavy (non-hydrogen) atoms. The third kappa shape index (κ3) is 3.88. The Labute approximate surface area is 138 Å². The summed E-state index contributed by atoms with van der Waals surface area (Å²) in [4.78, 5) is 23.7. The summed E-state index contributed by atoms with van der Waals surface area (Å²) in [6.45, 7) is 1.62. The number of rotatable bonds is 4. The van der Waals surface area contributed by atoms with Crippen LogP contribution in [0.5, 0.6) is 0 Å². The number of carbonyl (C=O) groups is 2. The molecule has 0 bridgehead atoms. The third-order valence-corrected chi connectivity index (χ3v) is 4.68. The van der Waals surface area contributed by atoms with Crippen LogP contribution in [0, 0.1) is 5.41 Å². The van der Waals surface area contributed by atoms with Crippen LogP contribution in [0.25, 0.3) is 0 Å². The zero-order chi connectivity index (χ0) is 18.0. The maximum atomic E-state index is 12.5. The topological polar surface area (TPSA) is 57.6 Å². The van der Waals surface area contributed by atoms with Crippen LogP contribution in [-0.2, 0) is 22.4 Å². The lowest BCUT2D eigenvalue weighted by atomic mass is 9.73. The standard InChI is InChI=1S/C17H20F3NO3/c1-2-12-3-5-13(6-4-12)11-16(15(23)24)7-9-21(10-8-16)14(22)17(18,19)20/h3-6H,2,7-11H2,1H3,(H,23,24). The largest absolute Gasteiger partial charge is 0.481 e. The van der Waals surface area contributed by atoms with Crippen LogP contribution >= 0.6 is 0 Å². The molecule has 7 heteroatoms. The van der Waals surface area contributed by atoms with Gasteiger partial charge in [-0.3, -0.25) is 9.59 Å². The molecule has 1 aromatic carbocycles. The molecule has 1 aliphatic heterocycles. The molecule has 0 saturated carbocycles. The molecule has 0 unspecified atom stereocenters. The second kappa shape index (κ2) is 6.83. The molecule has 0 spiro atoms. The van der Waals surface area contributed by atoms with Gasteiger partial charge in [-0.15, -0.1) is 0 Å². The van der Waals surface area contributed by atoms with Gasteiger partial charge in [0.15, 0.2) is 0 Å². The van der Waals surface area contributed by atoms with E-state index in [1.54, 1.807) is 0 Å². The van der Waals surface area contributed by atoms with Crippen molar-refractivity contribution in [3.8, 4) is 0 Å². The maximum absolute atomic E-state index is 12.5. The van der Waals surface area contributed by atoms with E-state index in [1.165, 1.54) is 0 Å². The van der Waals surface area contributed by atoms with Crippen LogP contribution < -0.4 is 0 Å². The number of amides is 1. The van der Waals surface area contributed by atoms with Gasteiger partial charge in [0.05, 0.1) is 5.41 Å². The first kappa shape index (κ1) is 18.3. The molecule has 0 aliphatic carbocycles. The second-order valence-corrected chi connectivity index (χ2v) is 6.22. The van der Waals surface area contributed by atoms with E-state index in [9.17, 15) is 27.9 Å². The molecule has 132 valence electrons. The molecule has 1 N–H and O–H groups in total. The van der Waals surface area contributed by atoms with Crippen molar-refractivity contribution in [3.63, 3.8) is 0 Å². The number of nitrogens with zero attached hydrogens (tertiary/aromatic N) is 1. The number of likely N-dealkylation sites (tertiary alicyclic amines) is 1. The molecular weight excluding hydrogens is 323 g/mol. The molecular formula is C17H20F3NO3. The molecule has 0 radical (unpaired) electrons. The number of hydrogen-bond acceptors (Lipinski definition) is 2. The van der Waals surface area contributed by atoms with E-state index < -0.39 is 23.5 Å². The van der Waals surface area contributed by atoms with Gasteiger partial charge in [0.2, 0.25) is 0 Å². The van der Waals surface area contributed by atoms with Crippen molar-refractivity contribution < 1.29 is 27.9 Å². The number of carboxylic acids is 1. The number of alkyl halides is 3. The number of carboxylic acid groups (broad SMARTS) is 1. The zero-order valence-electron chi connectivity index (χ0n) is 13.4. The third-order valence-electron chi connectivity index (χ3n) is 4.68. The molecule has 1 amide bonds. The lowest BCUT2D eigenvalue weighted by Crippen LogP contribution is -2.50. The van der Waals surface area contributed by atoms with Gasteiger partial charge in [0.25, 0.3) is 0 Å². The first-order valence-corrected chi connectivity index (χ1v) is 7.85. The van der Waals surface area contributed by atoms with Crippen molar-refractivity contribution in [2.24, 2.45) is 5.41 Å². The Bertz CT molecular complexity index is 603. The second-order valence-electron chi connectivity index (χ2n) is 6.22. The van der Waals surface area contributed by atoms with Gasteiger partial charge in [0, 0.05) is 13.1 Å². The van der Waals surface area contributed by atoms with Crippen molar-refractivity contribution in [2.45, 2.75) is 38.8 Å². The first-order valence-electron chi connectivity index (χ1n) is 7.85. The highest BCUT2D eigenvalue weighted by molar-refractivity contribution is 5.82. The fourth-order valence-corrected chi connectivity index (χ4v) is 3.07. The molecule has 4 nitrogen and oxygen atoms in total. The van der Waals surface area contributed by atoms with Crippen molar-refractivity contribution in [1.82, 2.24) is 4.90 Å². The number of carbonyl (C=O) groups excluding carboxylic acids is 1. The maximum Gasteiger partial charge on any atom is 0.471 e. The minimum absolute atomic E-state index is 0.0136. The van der Waals surface area contributed by atoms with E-state index in [0.29, 0.717) is 4.90 Å². The Morgan fingerprint density at radius 2 is 1.62 bits per heavy atom. The van der Waals surface area contributed by atoms with Crippen LogP contribution in [0.4, 0.5) is 13.2 Å². The van der Waals surface area contributed by atoms with E-state index in [0.717, 1.165) is 17.5 Å². The quantitative estimate of drug-likeness (QED) is 0.914. The van der Waals surface area contributed by atoms with Gasteiger partial charge in [-0.05, 0) is 36.8 Å². The summed E-state index contributed by atoms with van der Waals surface area (Å²) in [5.41, 5.74) is 0.842. The minimum Gasteiger partial charge on any atom is -0.481 e. The lowest BCUT2D eigenvalue weighted by Gasteiger charge is -2.39. The summed E-state index contributed by atoms with van der Waals surface area (Å²) in [6, 6.07) is 7.56. The van der Waals surface area contributed by atoms with E-state index in [1.807, 2.05) is 31.2 Å². The summed E-state index contributed by atoms with van der Waals surface area (Å²) in [6.07, 6.45) is -3.77. The Kier molecular flexibility index (Phi) is 5.20. The smallest absolute Gasteiger partial charge is 0.471 e. The van der Waals surface area contributed by atoms with Gasteiger partial charge < -0.3 is 10.0 Å². The van der Waals surface area contributed by atoms with Crippen LogP contribution in [0.2, 0.25) is 0 Å². The Morgan fingerprint density at radius 1 is 1.12 bits per heavy atom. The molecule has 1 heterocycles. The Hall–Kier alpha value is -2.05. The Morgan fingerprint density at radius 3 is 2.04 bits per heavy atom. The first-order chi connectivity index (χ1) is 11.2. The fourth-order valence-electron chi connectivity index (χ4n) is 3.07. The van der Waals surface area contributed by atoms with E-state index >= 15 is 0 Å². The molecule has 0 atom stereocenters. The van der Waals surface area contributed by atoms with Crippen molar-refractivity contribution in [3.05, 3.63) is 35.4 Å². The molecule has 1 fully saturated rings. The number of hydrogen-bond donors (Lipinski definition) is 1. The molecule has 2 rings (SSSR count). The van der Waals surface area contributed by atoms with Crippen LogP contribution in [0.3, 0.4) is 0 Å². The highest BCUT2D eigenvalue weighted by Crippen LogP contribution is 2.36. The van der Waals surface area contributed by atoms with Gasteiger partial charge in [-0.1, -0.05) is 31.2 Å². The number of piperidine rings is 1. The monoisotopic (exact) mass is 343 g/mol. The summed E-state index contributed by atoms with van der Waals surface area (Å²) in [7, 11) is 0. The zero-order valence-corrected chi connectivity index (χ0v) is 13.4. The van der Waals surface area contributed by atoms with Crippen molar-refractivity contribution in [1.29, 1.82) is 0 Å². The number of aliphatic carboxylic acids is 1. The van der Waals surface area contributed by atoms with Crippen LogP contribution in [0.1, 0.15) is 30.9 Å². The number of aryl methyl sites for hydroxylation is 1. The molecule has 1 saturated heterocycles. The fraction of sp³-hybridized carbons (Fsp3) is 0.529. The summed E-state index contributed by atoms with van der Waals surface area (Å²) >= 11 is 0. The normalized spacial score (nSPS) is 17.6. The summed E-state index contributed by atoms with van der Waals surface area (Å²) < 4.78 is 37.5. The summed E-state index contributed by atoms with van der Waals surface area (Å²) in [5, 5.41) is 9.61. The van der Waals surface area contributed by atoms with Gasteiger partial charge in [-0.25, -0.2) is 0 Å².